The van der Waals surface area contributed by atoms with E-state index in [0.717, 1.165) is 33.4 Å². The van der Waals surface area contributed by atoms with Gasteiger partial charge in [-0.2, -0.15) is 0 Å². The SMILES string of the molecule is OCCCn1cc(COCc2cc(-c3ccccc3Cl)nc3ccccc23)nn1. The van der Waals surface area contributed by atoms with Crippen molar-refractivity contribution < 1.29 is 9.84 Å². The Labute approximate surface area is 173 Å². The highest BCUT2D eigenvalue weighted by Gasteiger charge is 2.10. The Kier molecular flexibility index (Phi) is 6.14. The smallest absolute Gasteiger partial charge is 0.108 e. The second-order valence-electron chi connectivity index (χ2n) is 6.71. The molecule has 0 saturated heterocycles. The van der Waals surface area contributed by atoms with E-state index in [9.17, 15) is 0 Å². The maximum absolute atomic E-state index is 8.91. The Morgan fingerprint density at radius 3 is 2.72 bits per heavy atom. The van der Waals surface area contributed by atoms with Crippen LogP contribution in [0, 0.1) is 0 Å². The van der Waals surface area contributed by atoms with Crippen molar-refractivity contribution in [1.29, 1.82) is 0 Å². The lowest BCUT2D eigenvalue weighted by atomic mass is 10.0. The van der Waals surface area contributed by atoms with Crippen molar-refractivity contribution in [3.63, 3.8) is 0 Å². The van der Waals surface area contributed by atoms with Gasteiger partial charge in [-0.05, 0) is 30.2 Å². The van der Waals surface area contributed by atoms with Crippen LogP contribution in [0.3, 0.4) is 0 Å². The summed E-state index contributed by atoms with van der Waals surface area (Å²) in [4.78, 5) is 4.78. The number of para-hydroxylation sites is 1. The van der Waals surface area contributed by atoms with Crippen LogP contribution >= 0.6 is 11.6 Å². The first-order chi connectivity index (χ1) is 14.2. The third kappa shape index (κ3) is 4.62. The quantitative estimate of drug-likeness (QED) is 0.472. The number of fused-ring (bicyclic) bond motifs is 1. The zero-order valence-electron chi connectivity index (χ0n) is 15.8. The molecular formula is C22H21ClN4O2. The molecule has 6 nitrogen and oxygen atoms in total. The van der Waals surface area contributed by atoms with Gasteiger partial charge in [-0.3, -0.25) is 4.68 Å². The van der Waals surface area contributed by atoms with Crippen molar-refractivity contribution in [1.82, 2.24) is 20.0 Å². The molecule has 0 bridgehead atoms. The predicted octanol–water partition coefficient (Wildman–Crippen LogP) is 4.25. The molecule has 0 aliphatic rings. The van der Waals surface area contributed by atoms with Crippen LogP contribution in [0.4, 0.5) is 0 Å². The van der Waals surface area contributed by atoms with Gasteiger partial charge < -0.3 is 9.84 Å². The number of hydrogen-bond donors (Lipinski definition) is 1. The molecule has 0 amide bonds. The van der Waals surface area contributed by atoms with E-state index in [1.165, 1.54) is 0 Å². The molecule has 148 valence electrons. The minimum atomic E-state index is 0.134. The summed E-state index contributed by atoms with van der Waals surface area (Å²) in [6, 6.07) is 17.7. The Bertz CT molecular complexity index is 1110. The average molecular weight is 409 g/mol. The largest absolute Gasteiger partial charge is 0.396 e. The summed E-state index contributed by atoms with van der Waals surface area (Å²) < 4.78 is 7.64. The van der Waals surface area contributed by atoms with E-state index in [0.29, 0.717) is 31.2 Å². The number of aromatic nitrogens is 4. The Morgan fingerprint density at radius 1 is 1.03 bits per heavy atom. The van der Waals surface area contributed by atoms with E-state index in [4.69, 9.17) is 26.4 Å². The summed E-state index contributed by atoms with van der Waals surface area (Å²) in [5.74, 6) is 0. The molecule has 0 fully saturated rings. The summed E-state index contributed by atoms with van der Waals surface area (Å²) in [7, 11) is 0. The zero-order chi connectivity index (χ0) is 20.1. The van der Waals surface area contributed by atoms with Crippen LogP contribution in [0.5, 0.6) is 0 Å². The van der Waals surface area contributed by atoms with Crippen LogP contribution in [0.1, 0.15) is 17.7 Å². The van der Waals surface area contributed by atoms with Gasteiger partial charge in [0.1, 0.15) is 5.69 Å². The van der Waals surface area contributed by atoms with Gasteiger partial charge in [0.15, 0.2) is 0 Å². The van der Waals surface area contributed by atoms with Gasteiger partial charge in [-0.1, -0.05) is 53.2 Å². The van der Waals surface area contributed by atoms with Crippen molar-refractivity contribution >= 4 is 22.5 Å². The fourth-order valence-electron chi connectivity index (χ4n) is 3.19. The number of ether oxygens (including phenoxy) is 1. The first-order valence-corrected chi connectivity index (χ1v) is 9.83. The molecule has 0 unspecified atom stereocenters. The molecule has 0 aliphatic carbocycles. The second-order valence-corrected chi connectivity index (χ2v) is 7.11. The lowest BCUT2D eigenvalue weighted by Crippen LogP contribution is -2.00. The number of aryl methyl sites for hydroxylation is 1. The zero-order valence-corrected chi connectivity index (χ0v) is 16.6. The Morgan fingerprint density at radius 2 is 1.86 bits per heavy atom. The van der Waals surface area contributed by atoms with Crippen molar-refractivity contribution in [2.45, 2.75) is 26.2 Å². The second kappa shape index (κ2) is 9.13. The van der Waals surface area contributed by atoms with Crippen molar-refractivity contribution in [2.24, 2.45) is 0 Å². The lowest BCUT2D eigenvalue weighted by Gasteiger charge is -2.11. The molecule has 29 heavy (non-hydrogen) atoms. The minimum absolute atomic E-state index is 0.134. The molecule has 1 N–H and O–H groups in total. The first kappa shape index (κ1) is 19.5. The van der Waals surface area contributed by atoms with Gasteiger partial charge in [0, 0.05) is 29.1 Å². The van der Waals surface area contributed by atoms with Crippen LogP contribution < -0.4 is 0 Å². The van der Waals surface area contributed by atoms with Crippen molar-refractivity contribution in [2.75, 3.05) is 6.61 Å². The maximum Gasteiger partial charge on any atom is 0.108 e. The number of benzene rings is 2. The summed E-state index contributed by atoms with van der Waals surface area (Å²) in [6.45, 7) is 1.55. The first-order valence-electron chi connectivity index (χ1n) is 9.46. The lowest BCUT2D eigenvalue weighted by molar-refractivity contribution is 0.105. The standard InChI is InChI=1S/C22H21ClN4O2/c23-20-8-3-1-7-19(20)22-12-16(18-6-2-4-9-21(18)24-22)14-29-15-17-13-27(26-25-17)10-5-11-28/h1-4,6-9,12-13,28H,5,10-11,14-15H2. The number of halogens is 1. The van der Waals surface area contributed by atoms with E-state index >= 15 is 0 Å². The molecule has 2 aromatic carbocycles. The highest BCUT2D eigenvalue weighted by Crippen LogP contribution is 2.30. The average Bonchev–Trinajstić information content (AvgIpc) is 3.20. The fraction of sp³-hybridized carbons (Fsp3) is 0.227. The summed E-state index contributed by atoms with van der Waals surface area (Å²) in [5, 5.41) is 18.8. The van der Waals surface area contributed by atoms with Crippen LogP contribution in [0.15, 0.2) is 60.8 Å². The summed E-state index contributed by atoms with van der Waals surface area (Å²) in [6.07, 6.45) is 2.49. The van der Waals surface area contributed by atoms with Gasteiger partial charge in [-0.25, -0.2) is 4.98 Å². The highest BCUT2D eigenvalue weighted by atomic mass is 35.5. The topological polar surface area (TPSA) is 73.1 Å². The summed E-state index contributed by atoms with van der Waals surface area (Å²) >= 11 is 6.38. The number of aliphatic hydroxyl groups excluding tert-OH is 1. The van der Waals surface area contributed by atoms with Gasteiger partial charge in [0.05, 0.1) is 30.6 Å². The molecular weight excluding hydrogens is 388 g/mol. The number of nitrogens with zero attached hydrogens (tertiary/aromatic N) is 4. The number of aliphatic hydroxyl groups is 1. The molecule has 2 aromatic heterocycles. The normalized spacial score (nSPS) is 11.2. The van der Waals surface area contributed by atoms with Crippen molar-refractivity contribution in [3.8, 4) is 11.3 Å². The molecule has 7 heteroatoms. The van der Waals surface area contributed by atoms with Crippen LogP contribution in [-0.4, -0.2) is 31.7 Å². The minimum Gasteiger partial charge on any atom is -0.396 e. The molecule has 0 saturated carbocycles. The number of pyridine rings is 1. The van der Waals surface area contributed by atoms with Gasteiger partial charge >= 0.3 is 0 Å². The van der Waals surface area contributed by atoms with Crippen LogP contribution in [0.2, 0.25) is 5.02 Å². The highest BCUT2D eigenvalue weighted by molar-refractivity contribution is 6.33. The van der Waals surface area contributed by atoms with Crippen LogP contribution in [-0.2, 0) is 24.5 Å². The van der Waals surface area contributed by atoms with Gasteiger partial charge in [0.2, 0.25) is 0 Å². The molecule has 0 radical (unpaired) electrons. The molecule has 0 aliphatic heterocycles. The third-order valence-corrected chi connectivity index (χ3v) is 4.92. The predicted molar refractivity (Wildman–Crippen MR) is 112 cm³/mol. The van der Waals surface area contributed by atoms with Crippen LogP contribution in [0.25, 0.3) is 22.2 Å². The van der Waals surface area contributed by atoms with Crippen molar-refractivity contribution in [3.05, 3.63) is 77.1 Å². The number of rotatable bonds is 8. The number of hydrogen-bond acceptors (Lipinski definition) is 5. The molecule has 4 aromatic rings. The van der Waals surface area contributed by atoms with E-state index in [-0.39, 0.29) is 6.61 Å². The van der Waals surface area contributed by atoms with Gasteiger partial charge in [-0.15, -0.1) is 5.10 Å². The van der Waals surface area contributed by atoms with E-state index in [1.54, 1.807) is 4.68 Å². The molecule has 4 rings (SSSR count). The Balaban J connectivity index is 1.55. The molecule has 2 heterocycles. The maximum atomic E-state index is 8.91. The van der Waals surface area contributed by atoms with E-state index in [2.05, 4.69) is 10.3 Å². The van der Waals surface area contributed by atoms with E-state index < -0.39 is 0 Å². The third-order valence-electron chi connectivity index (χ3n) is 4.59. The van der Waals surface area contributed by atoms with Gasteiger partial charge in [0.25, 0.3) is 0 Å². The molecule has 0 spiro atoms. The van der Waals surface area contributed by atoms with E-state index in [1.807, 2.05) is 60.8 Å². The monoisotopic (exact) mass is 408 g/mol. The Hall–Kier alpha value is -2.80. The summed E-state index contributed by atoms with van der Waals surface area (Å²) in [5.41, 5.74) is 4.42. The fourth-order valence-corrected chi connectivity index (χ4v) is 3.42. The molecule has 0 atom stereocenters.